The van der Waals surface area contributed by atoms with Crippen LogP contribution in [0.2, 0.25) is 0 Å². The Kier molecular flexibility index (Phi) is 4.11. The maximum atomic E-state index is 12.1. The maximum Gasteiger partial charge on any atom is 0.270 e. The summed E-state index contributed by atoms with van der Waals surface area (Å²) in [7, 11) is 0. The molecule has 6 nitrogen and oxygen atoms in total. The lowest BCUT2D eigenvalue weighted by atomic mass is 10.0. The van der Waals surface area contributed by atoms with Crippen LogP contribution in [0.4, 0.5) is 0 Å². The normalized spacial score (nSPS) is 12.8. The summed E-state index contributed by atoms with van der Waals surface area (Å²) in [6.07, 6.45) is 3.87. The largest absolute Gasteiger partial charge is 0.396 e. The van der Waals surface area contributed by atoms with E-state index in [1.807, 2.05) is 13.8 Å². The molecule has 2 aromatic heterocycles. The topological polar surface area (TPSA) is 79.5 Å². The van der Waals surface area contributed by atoms with Crippen LogP contribution in [0.25, 0.3) is 5.65 Å². The molecule has 0 aliphatic rings. The molecule has 0 radical (unpaired) electrons. The van der Waals surface area contributed by atoms with Crippen molar-refractivity contribution in [3.63, 3.8) is 0 Å². The van der Waals surface area contributed by atoms with Crippen LogP contribution in [0.1, 0.15) is 30.8 Å². The predicted octanol–water partition coefficient (Wildman–Crippen LogP) is 0.866. The van der Waals surface area contributed by atoms with Gasteiger partial charge in [0.2, 0.25) is 0 Å². The lowest BCUT2D eigenvalue weighted by Gasteiger charge is -2.21. The van der Waals surface area contributed by atoms with E-state index in [0.717, 1.165) is 0 Å². The van der Waals surface area contributed by atoms with Crippen molar-refractivity contribution < 1.29 is 9.90 Å². The van der Waals surface area contributed by atoms with Crippen molar-refractivity contribution >= 4 is 11.6 Å². The van der Waals surface area contributed by atoms with Gasteiger partial charge in [-0.25, -0.2) is 9.50 Å². The SMILES string of the molecule is CC(C)C(CCO)NC(=O)c1ccn2nccc2n1. The third-order valence-corrected chi connectivity index (χ3v) is 3.05. The Morgan fingerprint density at radius 3 is 2.95 bits per heavy atom. The van der Waals surface area contributed by atoms with E-state index in [-0.39, 0.29) is 24.5 Å². The van der Waals surface area contributed by atoms with E-state index in [4.69, 9.17) is 5.11 Å². The van der Waals surface area contributed by atoms with Crippen LogP contribution in [0.15, 0.2) is 24.5 Å². The van der Waals surface area contributed by atoms with Gasteiger partial charge in [0.1, 0.15) is 5.69 Å². The summed E-state index contributed by atoms with van der Waals surface area (Å²) in [4.78, 5) is 16.3. The lowest BCUT2D eigenvalue weighted by molar-refractivity contribution is 0.0911. The summed E-state index contributed by atoms with van der Waals surface area (Å²) >= 11 is 0. The molecule has 0 saturated heterocycles. The molecule has 1 atom stereocenters. The van der Waals surface area contributed by atoms with Crippen molar-refractivity contribution in [1.29, 1.82) is 0 Å². The molecule has 0 aliphatic carbocycles. The summed E-state index contributed by atoms with van der Waals surface area (Å²) in [5.74, 6) is 0.0330. The summed E-state index contributed by atoms with van der Waals surface area (Å²) in [6, 6.07) is 3.32. The Morgan fingerprint density at radius 1 is 1.47 bits per heavy atom. The quantitative estimate of drug-likeness (QED) is 0.837. The van der Waals surface area contributed by atoms with Crippen LogP contribution in [-0.4, -0.2) is 38.3 Å². The average molecular weight is 262 g/mol. The van der Waals surface area contributed by atoms with Crippen molar-refractivity contribution in [2.75, 3.05) is 6.61 Å². The third kappa shape index (κ3) is 3.08. The monoisotopic (exact) mass is 262 g/mol. The van der Waals surface area contributed by atoms with E-state index in [1.54, 1.807) is 29.0 Å². The van der Waals surface area contributed by atoms with E-state index in [1.165, 1.54) is 0 Å². The van der Waals surface area contributed by atoms with Crippen LogP contribution in [0.5, 0.6) is 0 Å². The van der Waals surface area contributed by atoms with Gasteiger partial charge in [-0.05, 0) is 18.4 Å². The van der Waals surface area contributed by atoms with Crippen molar-refractivity contribution in [2.45, 2.75) is 26.3 Å². The molecule has 2 aromatic rings. The Hall–Kier alpha value is -1.95. The Labute approximate surface area is 111 Å². The van der Waals surface area contributed by atoms with Crippen molar-refractivity contribution in [3.05, 3.63) is 30.2 Å². The summed E-state index contributed by atoms with van der Waals surface area (Å²) < 4.78 is 1.60. The second-order valence-electron chi connectivity index (χ2n) is 4.78. The zero-order valence-corrected chi connectivity index (χ0v) is 11.1. The van der Waals surface area contributed by atoms with Gasteiger partial charge in [-0.2, -0.15) is 5.10 Å². The first kappa shape index (κ1) is 13.5. The molecule has 0 fully saturated rings. The minimum atomic E-state index is -0.226. The zero-order chi connectivity index (χ0) is 13.8. The number of fused-ring (bicyclic) bond motifs is 1. The molecule has 2 heterocycles. The number of amides is 1. The van der Waals surface area contributed by atoms with Gasteiger partial charge >= 0.3 is 0 Å². The van der Waals surface area contributed by atoms with Gasteiger partial charge in [0, 0.05) is 24.9 Å². The van der Waals surface area contributed by atoms with Gasteiger partial charge in [-0.1, -0.05) is 13.8 Å². The van der Waals surface area contributed by atoms with Gasteiger partial charge in [-0.15, -0.1) is 0 Å². The smallest absolute Gasteiger partial charge is 0.270 e. The predicted molar refractivity (Wildman–Crippen MR) is 70.8 cm³/mol. The molecule has 0 aromatic carbocycles. The van der Waals surface area contributed by atoms with E-state index < -0.39 is 0 Å². The minimum absolute atomic E-state index is 0.0538. The molecule has 0 saturated carbocycles. The summed E-state index contributed by atoms with van der Waals surface area (Å²) in [6.45, 7) is 4.07. The number of carbonyl (C=O) groups is 1. The van der Waals surface area contributed by atoms with Crippen LogP contribution < -0.4 is 5.32 Å². The lowest BCUT2D eigenvalue weighted by Crippen LogP contribution is -2.39. The number of hydrogen-bond donors (Lipinski definition) is 2. The Morgan fingerprint density at radius 2 is 2.26 bits per heavy atom. The Bertz CT molecular complexity index is 565. The number of aliphatic hydroxyl groups excluding tert-OH is 1. The van der Waals surface area contributed by atoms with E-state index in [9.17, 15) is 4.79 Å². The summed E-state index contributed by atoms with van der Waals surface area (Å²) in [5, 5.41) is 15.9. The molecule has 0 bridgehead atoms. The molecule has 6 heteroatoms. The minimum Gasteiger partial charge on any atom is -0.396 e. The van der Waals surface area contributed by atoms with Crippen LogP contribution in [0, 0.1) is 5.92 Å². The first-order valence-electron chi connectivity index (χ1n) is 6.34. The Balaban J connectivity index is 2.13. The molecular formula is C13H18N4O2. The number of carbonyl (C=O) groups excluding carboxylic acids is 1. The van der Waals surface area contributed by atoms with Gasteiger partial charge in [0.05, 0.1) is 6.20 Å². The molecule has 102 valence electrons. The summed E-state index contributed by atoms with van der Waals surface area (Å²) in [5.41, 5.74) is 0.993. The molecule has 0 aliphatic heterocycles. The third-order valence-electron chi connectivity index (χ3n) is 3.05. The number of aliphatic hydroxyl groups is 1. The van der Waals surface area contributed by atoms with Gasteiger partial charge in [0.15, 0.2) is 5.65 Å². The molecule has 0 spiro atoms. The van der Waals surface area contributed by atoms with Crippen LogP contribution in [0.3, 0.4) is 0 Å². The molecule has 1 unspecified atom stereocenters. The van der Waals surface area contributed by atoms with Crippen molar-refractivity contribution in [2.24, 2.45) is 5.92 Å². The first-order valence-corrected chi connectivity index (χ1v) is 6.34. The van der Waals surface area contributed by atoms with Gasteiger partial charge < -0.3 is 10.4 Å². The van der Waals surface area contributed by atoms with E-state index in [0.29, 0.717) is 17.8 Å². The molecule has 1 amide bonds. The number of nitrogens with one attached hydrogen (secondary N) is 1. The molecule has 2 N–H and O–H groups in total. The van der Waals surface area contributed by atoms with Gasteiger partial charge in [-0.3, -0.25) is 4.79 Å². The van der Waals surface area contributed by atoms with Crippen molar-refractivity contribution in [3.8, 4) is 0 Å². The first-order chi connectivity index (χ1) is 9.11. The highest BCUT2D eigenvalue weighted by molar-refractivity contribution is 5.92. The fourth-order valence-electron chi connectivity index (χ4n) is 1.89. The standard InChI is InChI=1S/C13H18N4O2/c1-9(2)10(5-8-18)16-13(19)11-4-7-17-12(15-11)3-6-14-17/h3-4,6-7,9-10,18H,5,8H2,1-2H3,(H,16,19). The zero-order valence-electron chi connectivity index (χ0n) is 11.1. The number of nitrogens with zero attached hydrogens (tertiary/aromatic N) is 3. The van der Waals surface area contributed by atoms with Crippen molar-refractivity contribution in [1.82, 2.24) is 19.9 Å². The fraction of sp³-hybridized carbons (Fsp3) is 0.462. The maximum absolute atomic E-state index is 12.1. The van der Waals surface area contributed by atoms with Gasteiger partial charge in [0.25, 0.3) is 5.91 Å². The molecule has 2 rings (SSSR count). The highest BCUT2D eigenvalue weighted by atomic mass is 16.3. The average Bonchev–Trinajstić information content (AvgIpc) is 2.85. The number of rotatable bonds is 5. The highest BCUT2D eigenvalue weighted by Gasteiger charge is 2.17. The second kappa shape index (κ2) is 5.79. The van der Waals surface area contributed by atoms with Crippen LogP contribution >= 0.6 is 0 Å². The van der Waals surface area contributed by atoms with E-state index in [2.05, 4.69) is 15.4 Å². The molecule has 19 heavy (non-hydrogen) atoms. The second-order valence-corrected chi connectivity index (χ2v) is 4.78. The number of hydrogen-bond acceptors (Lipinski definition) is 4. The number of aromatic nitrogens is 3. The van der Waals surface area contributed by atoms with Crippen LogP contribution in [-0.2, 0) is 0 Å². The fourth-order valence-corrected chi connectivity index (χ4v) is 1.89. The highest BCUT2D eigenvalue weighted by Crippen LogP contribution is 2.07. The molecular weight excluding hydrogens is 244 g/mol. The van der Waals surface area contributed by atoms with E-state index >= 15 is 0 Å².